The van der Waals surface area contributed by atoms with Crippen LogP contribution in [0.2, 0.25) is 0 Å². The number of hydrogen-bond acceptors (Lipinski definition) is 8. The van der Waals surface area contributed by atoms with Crippen LogP contribution in [0.1, 0.15) is 11.3 Å². The third-order valence-electron chi connectivity index (χ3n) is 5.24. The second kappa shape index (κ2) is 8.75. The maximum atomic E-state index is 13.0. The fourth-order valence-electron chi connectivity index (χ4n) is 3.60. The van der Waals surface area contributed by atoms with E-state index in [1.165, 1.54) is 0 Å². The summed E-state index contributed by atoms with van der Waals surface area (Å²) in [6.45, 7) is -1.32. The van der Waals surface area contributed by atoms with Crippen molar-refractivity contribution in [1.29, 1.82) is 0 Å². The molecule has 4 atom stereocenters. The van der Waals surface area contributed by atoms with Gasteiger partial charge in [-0.05, 0) is 17.7 Å². The van der Waals surface area contributed by atoms with E-state index in [0.29, 0.717) is 10.9 Å². The molecular formula is C22H23NO8. The molecule has 31 heavy (non-hydrogen) atoms. The van der Waals surface area contributed by atoms with Crippen LogP contribution in [-0.2, 0) is 27.5 Å². The number of aliphatic hydroxyl groups excluding tert-OH is 3. The van der Waals surface area contributed by atoms with Gasteiger partial charge in [-0.15, -0.1) is 0 Å². The van der Waals surface area contributed by atoms with E-state index in [0.717, 1.165) is 5.56 Å². The first-order valence-electron chi connectivity index (χ1n) is 9.73. The molecule has 0 spiro atoms. The Morgan fingerprint density at radius 2 is 1.81 bits per heavy atom. The molecule has 1 aliphatic heterocycles. The fourth-order valence-corrected chi connectivity index (χ4v) is 3.60. The van der Waals surface area contributed by atoms with Crippen molar-refractivity contribution in [2.75, 3.05) is 6.61 Å². The van der Waals surface area contributed by atoms with E-state index in [1.807, 2.05) is 18.2 Å². The molecule has 1 aromatic heterocycles. The molecule has 0 amide bonds. The van der Waals surface area contributed by atoms with Crippen molar-refractivity contribution in [3.05, 3.63) is 65.9 Å². The van der Waals surface area contributed by atoms with Crippen molar-refractivity contribution < 1.29 is 39.4 Å². The van der Waals surface area contributed by atoms with Crippen molar-refractivity contribution in [2.24, 2.45) is 0 Å². The number of nitrogens with one attached hydrogen (secondary N) is 1. The standard InChI is InChI=1S/C22H23NO8/c24-10-16-17(14-8-4-5-9-15(14)23-16)30-21(27)19-18(20(26)22(28,12-25)31-19)29-11-13-6-2-1-3-7-13/h1-9,18-20,23-26,28H,10-12H2. The second-order valence-electron chi connectivity index (χ2n) is 7.30. The number of rotatable bonds is 7. The highest BCUT2D eigenvalue weighted by atomic mass is 16.7. The van der Waals surface area contributed by atoms with E-state index in [9.17, 15) is 25.2 Å². The van der Waals surface area contributed by atoms with Crippen LogP contribution in [0.4, 0.5) is 0 Å². The Kier molecular flexibility index (Phi) is 6.05. The minimum atomic E-state index is -2.38. The molecule has 4 unspecified atom stereocenters. The minimum absolute atomic E-state index is 0.0339. The third-order valence-corrected chi connectivity index (χ3v) is 5.24. The molecular weight excluding hydrogens is 406 g/mol. The molecule has 1 saturated heterocycles. The number of H-pyrrole nitrogens is 1. The van der Waals surface area contributed by atoms with E-state index in [1.54, 1.807) is 36.4 Å². The Hall–Kier alpha value is -2.79. The third kappa shape index (κ3) is 4.07. The van der Waals surface area contributed by atoms with Crippen LogP contribution in [0.3, 0.4) is 0 Å². The number of fused-ring (bicyclic) bond motifs is 1. The van der Waals surface area contributed by atoms with E-state index >= 15 is 0 Å². The molecule has 1 fully saturated rings. The van der Waals surface area contributed by atoms with Gasteiger partial charge in [0.05, 0.1) is 25.5 Å². The van der Waals surface area contributed by atoms with Gasteiger partial charge in [-0.1, -0.05) is 42.5 Å². The van der Waals surface area contributed by atoms with Gasteiger partial charge in [0, 0.05) is 10.9 Å². The van der Waals surface area contributed by atoms with Crippen LogP contribution in [0.15, 0.2) is 54.6 Å². The number of hydrogen-bond donors (Lipinski definition) is 5. The average Bonchev–Trinajstić information content (AvgIpc) is 3.28. The number of para-hydroxylation sites is 1. The van der Waals surface area contributed by atoms with Crippen molar-refractivity contribution in [3.63, 3.8) is 0 Å². The first kappa shape index (κ1) is 21.4. The zero-order valence-corrected chi connectivity index (χ0v) is 16.5. The molecule has 0 aliphatic carbocycles. The topological polar surface area (TPSA) is 141 Å². The lowest BCUT2D eigenvalue weighted by Crippen LogP contribution is -2.46. The Balaban J connectivity index is 1.59. The summed E-state index contributed by atoms with van der Waals surface area (Å²) in [7, 11) is 0. The largest absolute Gasteiger partial charge is 0.422 e. The van der Waals surface area contributed by atoms with E-state index in [-0.39, 0.29) is 18.1 Å². The molecule has 9 heteroatoms. The molecule has 0 bridgehead atoms. The van der Waals surface area contributed by atoms with E-state index in [2.05, 4.69) is 4.98 Å². The van der Waals surface area contributed by atoms with Gasteiger partial charge < -0.3 is 39.6 Å². The zero-order valence-electron chi connectivity index (χ0n) is 16.5. The maximum absolute atomic E-state index is 13.0. The van der Waals surface area contributed by atoms with E-state index in [4.69, 9.17) is 14.2 Å². The van der Waals surface area contributed by atoms with Crippen LogP contribution in [-0.4, -0.2) is 62.1 Å². The summed E-state index contributed by atoms with van der Waals surface area (Å²) in [5.41, 5.74) is 1.72. The molecule has 0 saturated carbocycles. The number of aliphatic hydroxyl groups is 4. The van der Waals surface area contributed by atoms with Gasteiger partial charge in [0.1, 0.15) is 12.2 Å². The Morgan fingerprint density at radius 3 is 2.52 bits per heavy atom. The van der Waals surface area contributed by atoms with Crippen molar-refractivity contribution in [1.82, 2.24) is 4.98 Å². The summed E-state index contributed by atoms with van der Waals surface area (Å²) in [5, 5.41) is 40.6. The molecule has 5 N–H and O–H groups in total. The normalized spacial score (nSPS) is 25.7. The van der Waals surface area contributed by atoms with Crippen molar-refractivity contribution in [2.45, 2.75) is 37.3 Å². The van der Waals surface area contributed by atoms with Crippen LogP contribution < -0.4 is 4.74 Å². The quantitative estimate of drug-likeness (QED) is 0.344. The SMILES string of the molecule is O=C(Oc1c(CO)[nH]c2ccccc12)C1OC(O)(CO)C(O)C1OCc1ccccc1. The second-order valence-corrected chi connectivity index (χ2v) is 7.30. The highest BCUT2D eigenvalue weighted by Gasteiger charge is 2.57. The van der Waals surface area contributed by atoms with Crippen LogP contribution in [0.5, 0.6) is 5.75 Å². The summed E-state index contributed by atoms with van der Waals surface area (Å²) in [4.78, 5) is 15.9. The number of aromatic amines is 1. The maximum Gasteiger partial charge on any atom is 0.343 e. The van der Waals surface area contributed by atoms with Gasteiger partial charge in [-0.25, -0.2) is 4.79 Å². The number of esters is 1. The minimum Gasteiger partial charge on any atom is -0.422 e. The first-order valence-corrected chi connectivity index (χ1v) is 9.73. The van der Waals surface area contributed by atoms with Crippen molar-refractivity contribution in [3.8, 4) is 5.75 Å². The van der Waals surface area contributed by atoms with Gasteiger partial charge >= 0.3 is 5.97 Å². The summed E-state index contributed by atoms with van der Waals surface area (Å²) >= 11 is 0. The summed E-state index contributed by atoms with van der Waals surface area (Å²) < 4.78 is 16.5. The number of aromatic nitrogens is 1. The van der Waals surface area contributed by atoms with Crippen LogP contribution >= 0.6 is 0 Å². The van der Waals surface area contributed by atoms with Gasteiger partial charge in [-0.2, -0.15) is 0 Å². The monoisotopic (exact) mass is 429 g/mol. The highest BCUT2D eigenvalue weighted by Crippen LogP contribution is 2.35. The molecule has 1 aliphatic rings. The molecule has 0 radical (unpaired) electrons. The molecule has 164 valence electrons. The summed E-state index contributed by atoms with van der Waals surface area (Å²) in [6.07, 6.45) is -4.51. The Labute approximate surface area is 177 Å². The number of carbonyl (C=O) groups excluding carboxylic acids is 1. The molecule has 2 aromatic carbocycles. The van der Waals surface area contributed by atoms with Gasteiger partial charge in [0.2, 0.25) is 5.79 Å². The lowest BCUT2D eigenvalue weighted by molar-refractivity contribution is -0.246. The highest BCUT2D eigenvalue weighted by molar-refractivity contribution is 5.91. The van der Waals surface area contributed by atoms with Crippen molar-refractivity contribution >= 4 is 16.9 Å². The summed E-state index contributed by atoms with van der Waals surface area (Å²) in [6, 6.07) is 16.1. The van der Waals surface area contributed by atoms with Gasteiger partial charge in [-0.3, -0.25) is 0 Å². The average molecular weight is 429 g/mol. The number of benzene rings is 2. The number of carbonyl (C=O) groups is 1. The predicted molar refractivity (Wildman–Crippen MR) is 108 cm³/mol. The first-order chi connectivity index (χ1) is 15.0. The van der Waals surface area contributed by atoms with Gasteiger partial charge in [0.25, 0.3) is 0 Å². The Bertz CT molecular complexity index is 1050. The fraction of sp³-hybridized carbons (Fsp3) is 0.318. The zero-order chi connectivity index (χ0) is 22.0. The lowest BCUT2D eigenvalue weighted by Gasteiger charge is -2.23. The van der Waals surface area contributed by atoms with Gasteiger partial charge in [0.15, 0.2) is 11.9 Å². The van der Waals surface area contributed by atoms with Crippen LogP contribution in [0.25, 0.3) is 10.9 Å². The van der Waals surface area contributed by atoms with E-state index < -0.39 is 43.3 Å². The molecule has 2 heterocycles. The molecule has 3 aromatic rings. The Morgan fingerprint density at radius 1 is 1.10 bits per heavy atom. The molecule has 9 nitrogen and oxygen atoms in total. The predicted octanol–water partition coefficient (Wildman–Crippen LogP) is 0.592. The lowest BCUT2D eigenvalue weighted by atomic mass is 10.1. The van der Waals surface area contributed by atoms with Crippen LogP contribution in [0, 0.1) is 0 Å². The smallest absolute Gasteiger partial charge is 0.343 e. The summed E-state index contributed by atoms with van der Waals surface area (Å²) in [5.74, 6) is -3.21. The number of ether oxygens (including phenoxy) is 3. The molecule has 4 rings (SSSR count).